The van der Waals surface area contributed by atoms with Gasteiger partial charge in [0.25, 0.3) is 0 Å². The first-order valence-electron chi connectivity index (χ1n) is 8.93. The standard InChI is InChI=1S/C20H26N2O/c1-3-8-20(23)11-16-15-6-5-7-17-19(15)14(12-21-17)10-18(16)22(13-20)9-4-2/h5-7,11-12,18,21,23H,3-4,8-10,13H2,1-2H3/t18-,20+/m1/s1. The number of nitrogens with zero attached hydrogens (tertiary/aromatic N) is 1. The molecule has 1 aromatic carbocycles. The van der Waals surface area contributed by atoms with E-state index in [4.69, 9.17) is 0 Å². The van der Waals surface area contributed by atoms with Gasteiger partial charge in [-0.3, -0.25) is 4.90 Å². The normalized spacial score (nSPS) is 27.1. The fraction of sp³-hybridized carbons (Fsp3) is 0.500. The fourth-order valence-electron chi connectivity index (χ4n) is 4.56. The number of fused-ring (bicyclic) bond motifs is 2. The molecule has 0 bridgehead atoms. The lowest BCUT2D eigenvalue weighted by atomic mass is 9.77. The van der Waals surface area contributed by atoms with Crippen LogP contribution in [-0.4, -0.2) is 39.7 Å². The van der Waals surface area contributed by atoms with Crippen LogP contribution in [0, 0.1) is 0 Å². The van der Waals surface area contributed by atoms with Gasteiger partial charge in [-0.2, -0.15) is 0 Å². The Morgan fingerprint density at radius 2 is 2.17 bits per heavy atom. The molecular formula is C20H26N2O. The van der Waals surface area contributed by atoms with Gasteiger partial charge in [0.1, 0.15) is 0 Å². The molecule has 0 saturated carbocycles. The summed E-state index contributed by atoms with van der Waals surface area (Å²) in [7, 11) is 0. The van der Waals surface area contributed by atoms with E-state index in [1.165, 1.54) is 27.6 Å². The Hall–Kier alpha value is -1.58. The molecule has 23 heavy (non-hydrogen) atoms. The Balaban J connectivity index is 1.88. The summed E-state index contributed by atoms with van der Waals surface area (Å²) >= 11 is 0. The largest absolute Gasteiger partial charge is 0.384 e. The van der Waals surface area contributed by atoms with Crippen molar-refractivity contribution in [2.24, 2.45) is 0 Å². The number of benzene rings is 1. The van der Waals surface area contributed by atoms with Gasteiger partial charge in [0.15, 0.2) is 0 Å². The van der Waals surface area contributed by atoms with Crippen molar-refractivity contribution in [1.82, 2.24) is 9.88 Å². The van der Waals surface area contributed by atoms with Crippen LogP contribution in [0.1, 0.15) is 44.2 Å². The summed E-state index contributed by atoms with van der Waals surface area (Å²) in [6.07, 6.45) is 8.35. The van der Waals surface area contributed by atoms with Gasteiger partial charge < -0.3 is 10.1 Å². The fourth-order valence-corrected chi connectivity index (χ4v) is 4.56. The molecule has 0 amide bonds. The lowest BCUT2D eigenvalue weighted by molar-refractivity contribution is 0.0205. The van der Waals surface area contributed by atoms with E-state index in [-0.39, 0.29) is 0 Å². The quantitative estimate of drug-likeness (QED) is 0.903. The molecule has 3 nitrogen and oxygen atoms in total. The highest BCUT2D eigenvalue weighted by atomic mass is 16.3. The van der Waals surface area contributed by atoms with Gasteiger partial charge in [0, 0.05) is 29.7 Å². The summed E-state index contributed by atoms with van der Waals surface area (Å²) in [5, 5.41) is 12.5. The van der Waals surface area contributed by atoms with Gasteiger partial charge in [-0.05, 0) is 54.6 Å². The number of rotatable bonds is 4. The van der Waals surface area contributed by atoms with Crippen molar-refractivity contribution in [2.75, 3.05) is 13.1 Å². The predicted molar refractivity (Wildman–Crippen MR) is 95.5 cm³/mol. The van der Waals surface area contributed by atoms with E-state index in [0.29, 0.717) is 6.04 Å². The van der Waals surface area contributed by atoms with Crippen molar-refractivity contribution in [3.8, 4) is 0 Å². The van der Waals surface area contributed by atoms with Crippen LogP contribution in [0.5, 0.6) is 0 Å². The molecule has 1 aromatic heterocycles. The molecular weight excluding hydrogens is 284 g/mol. The molecule has 2 aliphatic rings. The van der Waals surface area contributed by atoms with E-state index < -0.39 is 5.60 Å². The third kappa shape index (κ3) is 2.34. The lowest BCUT2D eigenvalue weighted by Crippen LogP contribution is -2.52. The summed E-state index contributed by atoms with van der Waals surface area (Å²) in [4.78, 5) is 5.91. The average molecular weight is 310 g/mol. The molecule has 2 atom stereocenters. The number of hydrogen-bond acceptors (Lipinski definition) is 2. The minimum atomic E-state index is -0.689. The molecule has 3 heteroatoms. The zero-order valence-corrected chi connectivity index (χ0v) is 14.1. The van der Waals surface area contributed by atoms with Crippen molar-refractivity contribution < 1.29 is 5.11 Å². The summed E-state index contributed by atoms with van der Waals surface area (Å²) < 4.78 is 0. The lowest BCUT2D eigenvalue weighted by Gasteiger charge is -2.45. The Bertz CT molecular complexity index is 760. The molecule has 2 heterocycles. The third-order valence-corrected chi connectivity index (χ3v) is 5.41. The summed E-state index contributed by atoms with van der Waals surface area (Å²) in [5.41, 5.74) is 4.58. The predicted octanol–water partition coefficient (Wildman–Crippen LogP) is 3.73. The summed E-state index contributed by atoms with van der Waals surface area (Å²) in [6.45, 7) is 6.18. The number of aromatic amines is 1. The molecule has 1 aliphatic heterocycles. The highest BCUT2D eigenvalue weighted by Gasteiger charge is 2.40. The Morgan fingerprint density at radius 1 is 1.30 bits per heavy atom. The van der Waals surface area contributed by atoms with Crippen LogP contribution in [0.2, 0.25) is 0 Å². The van der Waals surface area contributed by atoms with E-state index in [1.54, 1.807) is 0 Å². The van der Waals surface area contributed by atoms with Crippen LogP contribution in [0.25, 0.3) is 16.5 Å². The number of nitrogens with one attached hydrogen (secondary N) is 1. The maximum atomic E-state index is 11.1. The Morgan fingerprint density at radius 3 is 2.96 bits per heavy atom. The van der Waals surface area contributed by atoms with Crippen LogP contribution < -0.4 is 0 Å². The second-order valence-corrected chi connectivity index (χ2v) is 7.19. The van der Waals surface area contributed by atoms with Crippen LogP contribution in [0.3, 0.4) is 0 Å². The van der Waals surface area contributed by atoms with Gasteiger partial charge in [0.05, 0.1) is 5.60 Å². The molecule has 0 spiro atoms. The minimum absolute atomic E-state index is 0.404. The van der Waals surface area contributed by atoms with Gasteiger partial charge in [-0.15, -0.1) is 0 Å². The second-order valence-electron chi connectivity index (χ2n) is 7.19. The SMILES string of the molecule is CCCN1C[C@](O)(CCC)C=C2c3cccc4[nH]cc(c34)C[C@H]21. The van der Waals surface area contributed by atoms with E-state index in [1.807, 2.05) is 0 Å². The molecule has 0 radical (unpaired) electrons. The van der Waals surface area contributed by atoms with Crippen molar-refractivity contribution in [3.05, 3.63) is 41.6 Å². The minimum Gasteiger partial charge on any atom is -0.384 e. The Kier molecular flexibility index (Phi) is 3.58. The van der Waals surface area contributed by atoms with Crippen LogP contribution in [0.15, 0.2) is 30.5 Å². The molecule has 2 aromatic rings. The monoisotopic (exact) mass is 310 g/mol. The number of β-amino-alcohol motifs (C(OH)–C–C–N with tert-alkyl or cyclic N) is 1. The van der Waals surface area contributed by atoms with Crippen molar-refractivity contribution in [2.45, 2.75) is 51.2 Å². The summed E-state index contributed by atoms with van der Waals surface area (Å²) in [6, 6.07) is 6.90. The number of aromatic nitrogens is 1. The van der Waals surface area contributed by atoms with Gasteiger partial charge in [-0.1, -0.05) is 32.4 Å². The average Bonchev–Trinajstić information content (AvgIpc) is 2.94. The number of hydrogen-bond donors (Lipinski definition) is 2. The molecule has 2 N–H and O–H groups in total. The van der Waals surface area contributed by atoms with Crippen molar-refractivity contribution in [3.63, 3.8) is 0 Å². The number of H-pyrrole nitrogens is 1. The highest BCUT2D eigenvalue weighted by molar-refractivity contribution is 5.98. The van der Waals surface area contributed by atoms with Crippen molar-refractivity contribution in [1.29, 1.82) is 0 Å². The zero-order valence-electron chi connectivity index (χ0n) is 14.1. The van der Waals surface area contributed by atoms with Crippen LogP contribution in [0.4, 0.5) is 0 Å². The first-order valence-corrected chi connectivity index (χ1v) is 8.93. The number of aliphatic hydroxyl groups is 1. The topological polar surface area (TPSA) is 39.3 Å². The molecule has 122 valence electrons. The molecule has 0 unspecified atom stereocenters. The highest BCUT2D eigenvalue weighted by Crippen LogP contribution is 2.42. The first-order chi connectivity index (χ1) is 11.1. The molecule has 0 saturated heterocycles. The van der Waals surface area contributed by atoms with E-state index in [9.17, 15) is 5.11 Å². The molecule has 4 rings (SSSR count). The van der Waals surface area contributed by atoms with Gasteiger partial charge in [-0.25, -0.2) is 0 Å². The van der Waals surface area contributed by atoms with E-state index >= 15 is 0 Å². The van der Waals surface area contributed by atoms with Crippen molar-refractivity contribution >= 4 is 16.5 Å². The van der Waals surface area contributed by atoms with Crippen LogP contribution >= 0.6 is 0 Å². The maximum Gasteiger partial charge on any atom is 0.0960 e. The van der Waals surface area contributed by atoms with Gasteiger partial charge in [0.2, 0.25) is 0 Å². The third-order valence-electron chi connectivity index (χ3n) is 5.41. The van der Waals surface area contributed by atoms with E-state index in [2.05, 4.69) is 54.2 Å². The summed E-state index contributed by atoms with van der Waals surface area (Å²) in [5.74, 6) is 0. The molecule has 1 aliphatic carbocycles. The Labute approximate surface area is 138 Å². The van der Waals surface area contributed by atoms with Crippen LogP contribution in [-0.2, 0) is 6.42 Å². The van der Waals surface area contributed by atoms with Gasteiger partial charge >= 0.3 is 0 Å². The zero-order chi connectivity index (χ0) is 16.0. The molecule has 0 fully saturated rings. The van der Waals surface area contributed by atoms with E-state index in [0.717, 1.165) is 38.8 Å². The first kappa shape index (κ1) is 15.0. The smallest absolute Gasteiger partial charge is 0.0960 e. The maximum absolute atomic E-state index is 11.1. The second kappa shape index (κ2) is 5.50.